The van der Waals surface area contributed by atoms with Crippen LogP contribution in [-0.2, 0) is 4.79 Å². The number of hydrogen-bond donors (Lipinski definition) is 0. The van der Waals surface area contributed by atoms with Crippen LogP contribution < -0.4 is 4.90 Å². The van der Waals surface area contributed by atoms with Crippen LogP contribution in [0.15, 0.2) is 24.3 Å². The first-order valence-corrected chi connectivity index (χ1v) is 7.97. The van der Waals surface area contributed by atoms with Crippen molar-refractivity contribution in [2.24, 2.45) is 5.92 Å². The minimum Gasteiger partial charge on any atom is -0.368 e. The lowest BCUT2D eigenvalue weighted by molar-refractivity contribution is -0.126. The summed E-state index contributed by atoms with van der Waals surface area (Å²) in [5, 5.41) is 0.828. The number of amides is 1. The lowest BCUT2D eigenvalue weighted by Crippen LogP contribution is -2.48. The van der Waals surface area contributed by atoms with E-state index in [1.165, 1.54) is 0 Å². The maximum Gasteiger partial charge on any atom is 0.222 e. The maximum atomic E-state index is 11.6. The number of carbonyl (C=O) groups excluding carboxylic acids is 1. The van der Waals surface area contributed by atoms with Gasteiger partial charge in [0.05, 0.1) is 10.7 Å². The summed E-state index contributed by atoms with van der Waals surface area (Å²) in [6.45, 7) is 6.02. The zero-order chi connectivity index (χ0) is 14.8. The second kappa shape index (κ2) is 6.24. The molecule has 0 saturated carbocycles. The van der Waals surface area contributed by atoms with E-state index in [0.717, 1.165) is 50.0 Å². The number of rotatable bonds is 3. The van der Waals surface area contributed by atoms with Crippen molar-refractivity contribution in [2.75, 3.05) is 51.2 Å². The Morgan fingerprint density at radius 3 is 2.52 bits per heavy atom. The fourth-order valence-electron chi connectivity index (χ4n) is 3.32. The molecule has 0 spiro atoms. The summed E-state index contributed by atoms with van der Waals surface area (Å²) >= 11 is 6.27. The van der Waals surface area contributed by atoms with Crippen molar-refractivity contribution in [3.63, 3.8) is 0 Å². The van der Waals surface area contributed by atoms with E-state index in [9.17, 15) is 4.79 Å². The van der Waals surface area contributed by atoms with Gasteiger partial charge in [0.2, 0.25) is 5.91 Å². The van der Waals surface area contributed by atoms with Gasteiger partial charge in [-0.1, -0.05) is 23.7 Å². The predicted octanol–water partition coefficient (Wildman–Crippen LogP) is 1.94. The maximum absolute atomic E-state index is 11.6. The van der Waals surface area contributed by atoms with Gasteiger partial charge in [0.1, 0.15) is 0 Å². The molecule has 1 aromatic carbocycles. The van der Waals surface area contributed by atoms with Crippen LogP contribution in [0.4, 0.5) is 5.69 Å². The van der Waals surface area contributed by atoms with Crippen molar-refractivity contribution in [3.8, 4) is 0 Å². The number of carbonyl (C=O) groups is 1. The summed E-state index contributed by atoms with van der Waals surface area (Å²) in [5.41, 5.74) is 1.13. The van der Waals surface area contributed by atoms with E-state index in [1.54, 1.807) is 0 Å². The lowest BCUT2D eigenvalue weighted by Gasteiger charge is -2.37. The first kappa shape index (κ1) is 14.7. The van der Waals surface area contributed by atoms with Gasteiger partial charge in [-0.05, 0) is 18.1 Å². The number of piperazine rings is 1. The summed E-state index contributed by atoms with van der Waals surface area (Å²) in [4.78, 5) is 18.3. The van der Waals surface area contributed by atoms with Crippen molar-refractivity contribution < 1.29 is 4.79 Å². The zero-order valence-corrected chi connectivity index (χ0v) is 13.2. The molecule has 5 heteroatoms. The van der Waals surface area contributed by atoms with Gasteiger partial charge in [0.25, 0.3) is 0 Å². The Bertz CT molecular complexity index is 514. The van der Waals surface area contributed by atoms with Crippen molar-refractivity contribution in [1.82, 2.24) is 9.80 Å². The number of hydrogen-bond acceptors (Lipinski definition) is 3. The monoisotopic (exact) mass is 307 g/mol. The van der Waals surface area contributed by atoms with Crippen LogP contribution >= 0.6 is 11.6 Å². The van der Waals surface area contributed by atoms with E-state index in [0.29, 0.717) is 12.3 Å². The molecule has 21 heavy (non-hydrogen) atoms. The molecule has 0 aromatic heterocycles. The van der Waals surface area contributed by atoms with Gasteiger partial charge >= 0.3 is 0 Å². The van der Waals surface area contributed by atoms with Crippen molar-refractivity contribution in [2.45, 2.75) is 6.42 Å². The highest BCUT2D eigenvalue weighted by atomic mass is 35.5. The molecule has 2 aliphatic rings. The Balaban J connectivity index is 1.52. The molecule has 1 unspecified atom stereocenters. The van der Waals surface area contributed by atoms with E-state index in [2.05, 4.69) is 15.9 Å². The smallest absolute Gasteiger partial charge is 0.222 e. The molecule has 0 bridgehead atoms. The van der Waals surface area contributed by atoms with E-state index in [4.69, 9.17) is 11.6 Å². The van der Waals surface area contributed by atoms with Gasteiger partial charge in [-0.2, -0.15) is 0 Å². The second-order valence-corrected chi connectivity index (χ2v) is 6.49. The fourth-order valence-corrected chi connectivity index (χ4v) is 3.58. The molecule has 2 saturated heterocycles. The Hall–Kier alpha value is -1.26. The molecule has 1 amide bonds. The molecule has 3 rings (SSSR count). The van der Waals surface area contributed by atoms with Gasteiger partial charge in [0.15, 0.2) is 0 Å². The molecular weight excluding hydrogens is 286 g/mol. The van der Waals surface area contributed by atoms with E-state index >= 15 is 0 Å². The third-order valence-corrected chi connectivity index (χ3v) is 4.82. The molecule has 1 aromatic rings. The molecule has 2 fully saturated rings. The number of anilines is 1. The second-order valence-electron chi connectivity index (χ2n) is 6.08. The Kier molecular flexibility index (Phi) is 4.36. The summed E-state index contributed by atoms with van der Waals surface area (Å²) in [7, 11) is 1.90. The first-order valence-electron chi connectivity index (χ1n) is 7.59. The van der Waals surface area contributed by atoms with Gasteiger partial charge in [0, 0.05) is 52.7 Å². The highest BCUT2D eigenvalue weighted by Crippen LogP contribution is 2.26. The van der Waals surface area contributed by atoms with Crippen LogP contribution in [-0.4, -0.2) is 62.0 Å². The van der Waals surface area contributed by atoms with Crippen LogP contribution in [0.5, 0.6) is 0 Å². The van der Waals surface area contributed by atoms with Gasteiger partial charge in [-0.25, -0.2) is 0 Å². The average molecular weight is 308 g/mol. The third kappa shape index (κ3) is 3.33. The molecule has 2 aliphatic heterocycles. The van der Waals surface area contributed by atoms with Gasteiger partial charge < -0.3 is 9.80 Å². The van der Waals surface area contributed by atoms with Gasteiger partial charge in [-0.15, -0.1) is 0 Å². The lowest BCUT2D eigenvalue weighted by atomic mass is 10.1. The molecular formula is C16H22ClN3O. The molecule has 114 valence electrons. The van der Waals surface area contributed by atoms with Crippen LogP contribution in [0.2, 0.25) is 5.02 Å². The summed E-state index contributed by atoms with van der Waals surface area (Å²) < 4.78 is 0. The number of benzene rings is 1. The predicted molar refractivity (Wildman–Crippen MR) is 85.8 cm³/mol. The van der Waals surface area contributed by atoms with E-state index in [-0.39, 0.29) is 5.91 Å². The number of para-hydroxylation sites is 1. The topological polar surface area (TPSA) is 26.8 Å². The fraction of sp³-hybridized carbons (Fsp3) is 0.562. The highest BCUT2D eigenvalue weighted by Gasteiger charge is 2.29. The summed E-state index contributed by atoms with van der Waals surface area (Å²) in [5.74, 6) is 0.782. The molecule has 2 heterocycles. The van der Waals surface area contributed by atoms with E-state index in [1.807, 2.05) is 30.1 Å². The largest absolute Gasteiger partial charge is 0.368 e. The van der Waals surface area contributed by atoms with E-state index < -0.39 is 0 Å². The van der Waals surface area contributed by atoms with Crippen molar-refractivity contribution >= 4 is 23.2 Å². The summed E-state index contributed by atoms with van der Waals surface area (Å²) in [6.07, 6.45) is 0.710. The van der Waals surface area contributed by atoms with Crippen LogP contribution in [0.1, 0.15) is 6.42 Å². The summed E-state index contributed by atoms with van der Waals surface area (Å²) in [6, 6.07) is 8.04. The van der Waals surface area contributed by atoms with Crippen molar-refractivity contribution in [1.29, 1.82) is 0 Å². The minimum atomic E-state index is 0.287. The van der Waals surface area contributed by atoms with Crippen LogP contribution in [0.3, 0.4) is 0 Å². The quantitative estimate of drug-likeness (QED) is 0.854. The highest BCUT2D eigenvalue weighted by molar-refractivity contribution is 6.33. The SMILES string of the molecule is CN1CC(CN2CCN(c3ccccc3Cl)CC2)CC1=O. The van der Waals surface area contributed by atoms with Crippen LogP contribution in [0.25, 0.3) is 0 Å². The molecule has 0 aliphatic carbocycles. The standard InChI is InChI=1S/C16H22ClN3O/c1-18-11-13(10-16(18)21)12-19-6-8-20(9-7-19)15-5-3-2-4-14(15)17/h2-5,13H,6-12H2,1H3. The van der Waals surface area contributed by atoms with Gasteiger partial charge in [-0.3, -0.25) is 9.69 Å². The molecule has 0 radical (unpaired) electrons. The average Bonchev–Trinajstić information content (AvgIpc) is 2.79. The molecule has 4 nitrogen and oxygen atoms in total. The first-order chi connectivity index (χ1) is 10.1. The number of halogens is 1. The Labute approximate surface area is 131 Å². The Morgan fingerprint density at radius 2 is 1.90 bits per heavy atom. The minimum absolute atomic E-state index is 0.287. The Morgan fingerprint density at radius 1 is 1.19 bits per heavy atom. The van der Waals surface area contributed by atoms with Crippen molar-refractivity contribution in [3.05, 3.63) is 29.3 Å². The number of nitrogens with zero attached hydrogens (tertiary/aromatic N) is 3. The number of likely N-dealkylation sites (tertiary alicyclic amines) is 1. The van der Waals surface area contributed by atoms with Crippen LogP contribution in [0, 0.1) is 5.92 Å². The zero-order valence-electron chi connectivity index (χ0n) is 12.5. The molecule has 1 atom stereocenters. The molecule has 0 N–H and O–H groups in total. The third-order valence-electron chi connectivity index (χ3n) is 4.50. The normalized spacial score (nSPS) is 23.9.